The van der Waals surface area contributed by atoms with Gasteiger partial charge in [-0.05, 0) is 19.3 Å². The molecule has 0 spiro atoms. The Morgan fingerprint density at radius 3 is 2.27 bits per heavy atom. The molecule has 2 nitrogen and oxygen atoms in total. The van der Waals surface area contributed by atoms with Gasteiger partial charge in [-0.1, -0.05) is 0 Å². The van der Waals surface area contributed by atoms with Gasteiger partial charge in [0.2, 0.25) is 0 Å². The van der Waals surface area contributed by atoms with Crippen LogP contribution in [0, 0.1) is 5.38 Å². The Bertz CT molecular complexity index is 78.5. The number of methoxy groups -OCH3 is 2. The molecule has 1 radical (unpaired) electrons. The molecule has 0 atom stereocenters. The molecule has 0 aliphatic heterocycles. The number of hydrogen-bond donors (Lipinski definition) is 0. The maximum absolute atomic E-state index is 5.88. The van der Waals surface area contributed by atoms with Gasteiger partial charge in [0, 0.05) is 27.4 Å². The molecule has 0 saturated carbocycles. The Morgan fingerprint density at radius 2 is 1.73 bits per heavy atom. The highest BCUT2D eigenvalue weighted by Gasteiger charge is 2.03. The van der Waals surface area contributed by atoms with Gasteiger partial charge in [-0.3, -0.25) is 0 Å². The third-order valence-electron chi connectivity index (χ3n) is 1.37. The van der Waals surface area contributed by atoms with Crippen molar-refractivity contribution in [3.05, 3.63) is 5.38 Å². The van der Waals surface area contributed by atoms with Crippen molar-refractivity contribution in [2.45, 2.75) is 19.3 Å². The predicted octanol–water partition coefficient (Wildman–Crippen LogP) is 2.22. The fourth-order valence-corrected chi connectivity index (χ4v) is 0.957. The Kier molecular flexibility index (Phi) is 8.47. The first-order chi connectivity index (χ1) is 5.31. The molecule has 0 heterocycles. The molecule has 67 valence electrons. The zero-order chi connectivity index (χ0) is 8.53. The van der Waals surface area contributed by atoms with Gasteiger partial charge < -0.3 is 9.47 Å². The van der Waals surface area contributed by atoms with E-state index in [1.165, 1.54) is 0 Å². The van der Waals surface area contributed by atoms with Crippen LogP contribution in [0.4, 0.5) is 0 Å². The molecule has 3 heteroatoms. The summed E-state index contributed by atoms with van der Waals surface area (Å²) < 4.78 is 9.78. The van der Waals surface area contributed by atoms with Crippen LogP contribution >= 0.6 is 11.6 Å². The second-order valence-corrected chi connectivity index (χ2v) is 2.89. The van der Waals surface area contributed by atoms with E-state index in [2.05, 4.69) is 0 Å². The minimum absolute atomic E-state index is 0.714. The van der Waals surface area contributed by atoms with Crippen molar-refractivity contribution in [1.29, 1.82) is 0 Å². The summed E-state index contributed by atoms with van der Waals surface area (Å²) in [6.07, 6.45) is 2.78. The van der Waals surface area contributed by atoms with Gasteiger partial charge in [-0.2, -0.15) is 0 Å². The maximum atomic E-state index is 5.88. The first-order valence-electron chi connectivity index (χ1n) is 3.79. The molecule has 11 heavy (non-hydrogen) atoms. The number of hydrogen-bond acceptors (Lipinski definition) is 2. The predicted molar refractivity (Wildman–Crippen MR) is 46.7 cm³/mol. The number of halogens is 1. The molecule has 0 saturated heterocycles. The van der Waals surface area contributed by atoms with Crippen LogP contribution in [0.25, 0.3) is 0 Å². The van der Waals surface area contributed by atoms with Crippen LogP contribution < -0.4 is 0 Å². The zero-order valence-corrected chi connectivity index (χ0v) is 7.99. The molecule has 0 bridgehead atoms. The summed E-state index contributed by atoms with van der Waals surface area (Å²) in [5.74, 6) is 0. The van der Waals surface area contributed by atoms with Crippen molar-refractivity contribution >= 4 is 11.6 Å². The van der Waals surface area contributed by atoms with Crippen LogP contribution in [-0.4, -0.2) is 27.4 Å². The lowest BCUT2D eigenvalue weighted by Gasteiger charge is -2.06. The van der Waals surface area contributed by atoms with Crippen LogP contribution in [0.5, 0.6) is 0 Å². The average molecular weight is 180 g/mol. The summed E-state index contributed by atoms with van der Waals surface area (Å²) in [5, 5.41) is 0.976. The summed E-state index contributed by atoms with van der Waals surface area (Å²) in [4.78, 5) is 0. The van der Waals surface area contributed by atoms with Crippen molar-refractivity contribution < 1.29 is 9.47 Å². The Labute approximate surface area is 73.8 Å². The van der Waals surface area contributed by atoms with Crippen LogP contribution in [0.2, 0.25) is 0 Å². The van der Waals surface area contributed by atoms with Crippen LogP contribution in [-0.2, 0) is 9.47 Å². The van der Waals surface area contributed by atoms with E-state index in [0.29, 0.717) is 6.61 Å². The van der Waals surface area contributed by atoms with E-state index in [0.717, 1.165) is 31.2 Å². The summed E-state index contributed by atoms with van der Waals surface area (Å²) in [6, 6.07) is 0. The summed E-state index contributed by atoms with van der Waals surface area (Å²) in [7, 11) is 3.38. The van der Waals surface area contributed by atoms with Crippen molar-refractivity contribution in [2.75, 3.05) is 27.4 Å². The fourth-order valence-electron chi connectivity index (χ4n) is 0.746. The zero-order valence-electron chi connectivity index (χ0n) is 7.23. The molecule has 0 N–H and O–H groups in total. The minimum atomic E-state index is 0.714. The second kappa shape index (κ2) is 8.31. The highest BCUT2D eigenvalue weighted by Crippen LogP contribution is 2.18. The van der Waals surface area contributed by atoms with Crippen LogP contribution in [0.15, 0.2) is 0 Å². The summed E-state index contributed by atoms with van der Waals surface area (Å²) in [5.41, 5.74) is 0. The van der Waals surface area contributed by atoms with Crippen molar-refractivity contribution in [1.82, 2.24) is 0 Å². The number of ether oxygens (including phenoxy) is 2. The van der Waals surface area contributed by atoms with E-state index >= 15 is 0 Å². The first-order valence-corrected chi connectivity index (χ1v) is 4.17. The molecule has 0 amide bonds. The lowest BCUT2D eigenvalue weighted by atomic mass is 10.2. The highest BCUT2D eigenvalue weighted by atomic mass is 35.5. The summed E-state index contributed by atoms with van der Waals surface area (Å²) in [6.45, 7) is 1.50. The molecule has 0 fully saturated rings. The molecule has 0 rings (SSSR count). The second-order valence-electron chi connectivity index (χ2n) is 2.36. The SMILES string of the molecule is COCCC[C](Cl)CCOC. The van der Waals surface area contributed by atoms with E-state index in [1.807, 2.05) is 0 Å². The third-order valence-corrected chi connectivity index (χ3v) is 1.75. The van der Waals surface area contributed by atoms with Gasteiger partial charge >= 0.3 is 0 Å². The Hall–Kier alpha value is 0.210. The van der Waals surface area contributed by atoms with Gasteiger partial charge in [0.05, 0.1) is 5.38 Å². The molecule has 0 aliphatic rings. The molecular weight excluding hydrogens is 164 g/mol. The maximum Gasteiger partial charge on any atom is 0.0661 e. The van der Waals surface area contributed by atoms with E-state index in [9.17, 15) is 0 Å². The highest BCUT2D eigenvalue weighted by molar-refractivity contribution is 6.26. The van der Waals surface area contributed by atoms with Crippen molar-refractivity contribution in [2.24, 2.45) is 0 Å². The van der Waals surface area contributed by atoms with Crippen molar-refractivity contribution in [3.8, 4) is 0 Å². The van der Waals surface area contributed by atoms with Gasteiger partial charge in [0.25, 0.3) is 0 Å². The largest absolute Gasteiger partial charge is 0.385 e. The van der Waals surface area contributed by atoms with Gasteiger partial charge in [-0.15, -0.1) is 11.6 Å². The average Bonchev–Trinajstić information content (AvgIpc) is 2.01. The molecular formula is C8H16ClO2. The molecule has 0 aromatic carbocycles. The van der Waals surface area contributed by atoms with E-state index in [4.69, 9.17) is 21.1 Å². The molecule has 0 aromatic rings. The lowest BCUT2D eigenvalue weighted by molar-refractivity contribution is 0.188. The van der Waals surface area contributed by atoms with Gasteiger partial charge in [-0.25, -0.2) is 0 Å². The smallest absolute Gasteiger partial charge is 0.0661 e. The van der Waals surface area contributed by atoms with Gasteiger partial charge in [0.1, 0.15) is 0 Å². The van der Waals surface area contributed by atoms with Crippen LogP contribution in [0.1, 0.15) is 19.3 Å². The monoisotopic (exact) mass is 179 g/mol. The van der Waals surface area contributed by atoms with Crippen LogP contribution in [0.3, 0.4) is 0 Å². The van der Waals surface area contributed by atoms with E-state index < -0.39 is 0 Å². The van der Waals surface area contributed by atoms with Gasteiger partial charge in [0.15, 0.2) is 0 Å². The van der Waals surface area contributed by atoms with Crippen molar-refractivity contribution in [3.63, 3.8) is 0 Å². The Morgan fingerprint density at radius 1 is 1.09 bits per heavy atom. The molecule has 0 unspecified atom stereocenters. The van der Waals surface area contributed by atoms with E-state index in [1.54, 1.807) is 14.2 Å². The topological polar surface area (TPSA) is 18.5 Å². The standard InChI is InChI=1S/C8H16ClO2/c1-10-6-3-4-8(9)5-7-11-2/h3-7H2,1-2H3. The molecule has 0 aromatic heterocycles. The fraction of sp³-hybridized carbons (Fsp3) is 0.875. The summed E-state index contributed by atoms with van der Waals surface area (Å²) >= 11 is 5.88. The Balaban J connectivity index is 3.02. The minimum Gasteiger partial charge on any atom is -0.385 e. The van der Waals surface area contributed by atoms with E-state index in [-0.39, 0.29) is 0 Å². The quantitative estimate of drug-likeness (QED) is 0.558. The molecule has 0 aliphatic carbocycles. The lowest BCUT2D eigenvalue weighted by Crippen LogP contribution is -1.97. The third kappa shape index (κ3) is 8.11. The first kappa shape index (κ1) is 11.2. The normalized spacial score (nSPS) is 10.9. The number of rotatable bonds is 7.